The second-order valence-corrected chi connectivity index (χ2v) is 5.76. The fourth-order valence-electron chi connectivity index (χ4n) is 1.98. The smallest absolute Gasteiger partial charge is 0.0622 e. The molecule has 0 aliphatic rings. The summed E-state index contributed by atoms with van der Waals surface area (Å²) in [5.41, 5.74) is 1.13. The van der Waals surface area contributed by atoms with Crippen LogP contribution in [0.1, 0.15) is 18.4 Å². The number of hydrogen-bond acceptors (Lipinski definition) is 2. The SMILES string of the molecule is N#CCCC[S@](=O)Cc1cccc2ccccc12. The fraction of sp³-hybridized carbons (Fsp3) is 0.267. The molecule has 0 bridgehead atoms. The van der Waals surface area contributed by atoms with Crippen LogP contribution < -0.4 is 0 Å². The Kier molecular flexibility index (Phi) is 4.49. The van der Waals surface area contributed by atoms with Crippen LogP contribution in [-0.2, 0) is 16.6 Å². The molecule has 0 aliphatic carbocycles. The largest absolute Gasteiger partial charge is 0.259 e. The molecule has 0 aliphatic heterocycles. The Bertz CT molecular complexity index is 595. The molecule has 0 amide bonds. The average Bonchev–Trinajstić information content (AvgIpc) is 2.39. The number of unbranched alkanes of at least 4 members (excludes halogenated alkanes) is 1. The van der Waals surface area contributed by atoms with Crippen LogP contribution in [0.25, 0.3) is 10.8 Å². The van der Waals surface area contributed by atoms with Crippen molar-refractivity contribution in [3.8, 4) is 6.07 Å². The van der Waals surface area contributed by atoms with Crippen LogP contribution in [0.2, 0.25) is 0 Å². The molecule has 2 nitrogen and oxygen atoms in total. The highest BCUT2D eigenvalue weighted by molar-refractivity contribution is 7.84. The van der Waals surface area contributed by atoms with Crippen LogP contribution in [0.4, 0.5) is 0 Å². The summed E-state index contributed by atoms with van der Waals surface area (Å²) in [5, 5.41) is 10.8. The van der Waals surface area contributed by atoms with Gasteiger partial charge in [0.1, 0.15) is 0 Å². The van der Waals surface area contributed by atoms with E-state index in [-0.39, 0.29) is 0 Å². The van der Waals surface area contributed by atoms with Gasteiger partial charge in [-0.1, -0.05) is 42.5 Å². The van der Waals surface area contributed by atoms with E-state index in [2.05, 4.69) is 24.3 Å². The zero-order valence-corrected chi connectivity index (χ0v) is 11.0. The van der Waals surface area contributed by atoms with Crippen LogP contribution in [0.3, 0.4) is 0 Å². The molecule has 0 saturated carbocycles. The first-order valence-corrected chi connectivity index (χ1v) is 7.48. The molecule has 0 unspecified atom stereocenters. The summed E-state index contributed by atoms with van der Waals surface area (Å²) in [6, 6.07) is 16.3. The highest BCUT2D eigenvalue weighted by Crippen LogP contribution is 2.19. The van der Waals surface area contributed by atoms with E-state index in [1.54, 1.807) is 0 Å². The number of fused-ring (bicyclic) bond motifs is 1. The summed E-state index contributed by atoms with van der Waals surface area (Å²) in [6.07, 6.45) is 1.20. The van der Waals surface area contributed by atoms with Gasteiger partial charge in [0.05, 0.1) is 6.07 Å². The van der Waals surface area contributed by atoms with E-state index in [1.807, 2.05) is 24.3 Å². The van der Waals surface area contributed by atoms with E-state index in [9.17, 15) is 4.21 Å². The lowest BCUT2D eigenvalue weighted by Gasteiger charge is -2.06. The zero-order chi connectivity index (χ0) is 12.8. The first kappa shape index (κ1) is 12.8. The minimum absolute atomic E-state index is 0.487. The molecule has 0 aromatic heterocycles. The van der Waals surface area contributed by atoms with E-state index < -0.39 is 10.8 Å². The van der Waals surface area contributed by atoms with Gasteiger partial charge in [-0.25, -0.2) is 0 Å². The van der Waals surface area contributed by atoms with Gasteiger partial charge in [-0.05, 0) is 22.8 Å². The molecule has 2 aromatic carbocycles. The first-order chi connectivity index (χ1) is 8.81. The molecule has 0 heterocycles. The Balaban J connectivity index is 2.12. The van der Waals surface area contributed by atoms with Gasteiger partial charge in [-0.2, -0.15) is 5.26 Å². The third-order valence-electron chi connectivity index (χ3n) is 2.86. The maximum Gasteiger partial charge on any atom is 0.0622 e. The molecule has 3 heteroatoms. The van der Waals surface area contributed by atoms with Gasteiger partial charge in [-0.3, -0.25) is 4.21 Å². The molecule has 0 N–H and O–H groups in total. The van der Waals surface area contributed by atoms with E-state index in [1.165, 1.54) is 10.8 Å². The van der Waals surface area contributed by atoms with Crippen LogP contribution in [0.5, 0.6) is 0 Å². The van der Waals surface area contributed by atoms with Crippen molar-refractivity contribution in [3.05, 3.63) is 48.0 Å². The van der Waals surface area contributed by atoms with Crippen LogP contribution in [0.15, 0.2) is 42.5 Å². The highest BCUT2D eigenvalue weighted by atomic mass is 32.2. The molecule has 92 valence electrons. The summed E-state index contributed by atoms with van der Waals surface area (Å²) >= 11 is 0. The Morgan fingerprint density at radius 1 is 1.11 bits per heavy atom. The van der Waals surface area contributed by atoms with Crippen LogP contribution in [0, 0.1) is 11.3 Å². The maximum atomic E-state index is 11.9. The minimum atomic E-state index is -0.880. The maximum absolute atomic E-state index is 11.9. The summed E-state index contributed by atoms with van der Waals surface area (Å²) in [5.74, 6) is 1.18. The standard InChI is InChI=1S/C15H15NOS/c16-10-3-4-11-18(17)12-14-8-5-7-13-6-1-2-9-15(13)14/h1-2,5-9H,3-4,11-12H2/t18-/m0/s1. The summed E-state index contributed by atoms with van der Waals surface area (Å²) in [4.78, 5) is 0. The molecule has 0 saturated heterocycles. The third kappa shape index (κ3) is 3.18. The predicted molar refractivity (Wildman–Crippen MR) is 75.5 cm³/mol. The van der Waals surface area contributed by atoms with Gasteiger partial charge >= 0.3 is 0 Å². The predicted octanol–water partition coefficient (Wildman–Crippen LogP) is 3.39. The molecular formula is C15H15NOS. The molecule has 2 rings (SSSR count). The van der Waals surface area contributed by atoms with Gasteiger partial charge in [-0.15, -0.1) is 0 Å². The molecule has 1 atom stereocenters. The van der Waals surface area contributed by atoms with Gasteiger partial charge in [0, 0.05) is 28.7 Å². The van der Waals surface area contributed by atoms with Gasteiger partial charge in [0.25, 0.3) is 0 Å². The quantitative estimate of drug-likeness (QED) is 0.770. The van der Waals surface area contributed by atoms with Crippen LogP contribution >= 0.6 is 0 Å². The highest BCUT2D eigenvalue weighted by Gasteiger charge is 2.05. The van der Waals surface area contributed by atoms with Crippen molar-refractivity contribution in [2.24, 2.45) is 0 Å². The topological polar surface area (TPSA) is 40.9 Å². The lowest BCUT2D eigenvalue weighted by atomic mass is 10.1. The zero-order valence-electron chi connectivity index (χ0n) is 10.1. The number of hydrogen-bond donors (Lipinski definition) is 0. The normalized spacial score (nSPS) is 12.2. The average molecular weight is 257 g/mol. The monoisotopic (exact) mass is 257 g/mol. The van der Waals surface area contributed by atoms with Crippen molar-refractivity contribution in [3.63, 3.8) is 0 Å². The van der Waals surface area contributed by atoms with Crippen molar-refractivity contribution in [1.82, 2.24) is 0 Å². The Morgan fingerprint density at radius 2 is 1.89 bits per heavy atom. The summed E-state index contributed by atoms with van der Waals surface area (Å²) in [7, 11) is -0.880. The molecule has 2 aromatic rings. The number of benzene rings is 2. The van der Waals surface area contributed by atoms with Gasteiger partial charge in [0.2, 0.25) is 0 Å². The number of rotatable bonds is 5. The lowest BCUT2D eigenvalue weighted by molar-refractivity contribution is 0.680. The van der Waals surface area contributed by atoms with Crippen molar-refractivity contribution >= 4 is 21.6 Å². The third-order valence-corrected chi connectivity index (χ3v) is 4.23. The Hall–Kier alpha value is -1.66. The second kappa shape index (κ2) is 6.32. The number of nitrogens with zero attached hydrogens (tertiary/aromatic N) is 1. The fourth-order valence-corrected chi connectivity index (χ4v) is 3.19. The molecule has 18 heavy (non-hydrogen) atoms. The van der Waals surface area contributed by atoms with Crippen LogP contribution in [-0.4, -0.2) is 9.96 Å². The molecular weight excluding hydrogens is 242 g/mol. The van der Waals surface area contributed by atoms with E-state index in [0.29, 0.717) is 24.3 Å². The van der Waals surface area contributed by atoms with Gasteiger partial charge < -0.3 is 0 Å². The molecule has 0 spiro atoms. The summed E-state index contributed by atoms with van der Waals surface area (Å²) < 4.78 is 11.9. The van der Waals surface area contributed by atoms with Gasteiger partial charge in [0.15, 0.2) is 0 Å². The Morgan fingerprint density at radius 3 is 2.72 bits per heavy atom. The molecule has 0 radical (unpaired) electrons. The lowest BCUT2D eigenvalue weighted by Crippen LogP contribution is -2.01. The van der Waals surface area contributed by atoms with Crippen molar-refractivity contribution < 1.29 is 4.21 Å². The van der Waals surface area contributed by atoms with E-state index in [0.717, 1.165) is 5.56 Å². The van der Waals surface area contributed by atoms with Crippen molar-refractivity contribution in [1.29, 1.82) is 5.26 Å². The minimum Gasteiger partial charge on any atom is -0.259 e. The first-order valence-electron chi connectivity index (χ1n) is 6.00. The van der Waals surface area contributed by atoms with Crippen molar-refractivity contribution in [2.75, 3.05) is 5.75 Å². The summed E-state index contributed by atoms with van der Waals surface area (Å²) in [6.45, 7) is 0. The van der Waals surface area contributed by atoms with E-state index in [4.69, 9.17) is 5.26 Å². The Labute approximate surface area is 110 Å². The van der Waals surface area contributed by atoms with Crippen molar-refractivity contribution in [2.45, 2.75) is 18.6 Å². The molecule has 0 fully saturated rings. The van der Waals surface area contributed by atoms with E-state index >= 15 is 0 Å². The number of nitriles is 1. The second-order valence-electron chi connectivity index (χ2n) is 4.19.